The van der Waals surface area contributed by atoms with Crippen molar-refractivity contribution < 1.29 is 14.6 Å². The number of hydrogen-bond acceptors (Lipinski definition) is 8. The van der Waals surface area contributed by atoms with Crippen LogP contribution in [0, 0.1) is 0 Å². The highest BCUT2D eigenvalue weighted by Crippen LogP contribution is 2.26. The molecule has 2 atom stereocenters. The number of nitrogen functional groups attached to an aromatic ring is 1. The van der Waals surface area contributed by atoms with Crippen LogP contribution in [-0.2, 0) is 11.2 Å². The molecule has 1 heterocycles. The number of benzene rings is 3. The number of methoxy groups -OCH3 is 1. The minimum Gasteiger partial charge on any atom is -0.497 e. The van der Waals surface area contributed by atoms with Crippen LogP contribution in [0.15, 0.2) is 72.8 Å². The fourth-order valence-corrected chi connectivity index (χ4v) is 3.74. The molecule has 6 N–H and O–H groups in total. The summed E-state index contributed by atoms with van der Waals surface area (Å²) in [6.07, 6.45) is 0.233. The van der Waals surface area contributed by atoms with Crippen LogP contribution in [-0.4, -0.2) is 39.2 Å². The molecule has 9 nitrogen and oxygen atoms in total. The molecule has 0 saturated heterocycles. The van der Waals surface area contributed by atoms with Gasteiger partial charge in [-0.25, -0.2) is 0 Å². The quantitative estimate of drug-likeness (QED) is 0.277. The monoisotopic (exact) mass is 484 g/mol. The summed E-state index contributed by atoms with van der Waals surface area (Å²) < 4.78 is 5.23. The van der Waals surface area contributed by atoms with Gasteiger partial charge in [-0.2, -0.15) is 15.0 Å². The number of aliphatic carboxylic acids is 1. The highest BCUT2D eigenvalue weighted by Gasteiger charge is 2.14. The molecule has 0 spiro atoms. The lowest BCUT2D eigenvalue weighted by molar-refractivity contribution is -0.138. The Balaban J connectivity index is 1.47. The van der Waals surface area contributed by atoms with Crippen molar-refractivity contribution >= 4 is 17.9 Å². The first-order chi connectivity index (χ1) is 17.3. The van der Waals surface area contributed by atoms with Gasteiger partial charge in [-0.3, -0.25) is 4.79 Å². The van der Waals surface area contributed by atoms with E-state index in [1.165, 1.54) is 0 Å². The Kier molecular flexibility index (Phi) is 7.41. The topological polar surface area (TPSA) is 149 Å². The zero-order valence-electron chi connectivity index (χ0n) is 20.1. The molecule has 36 heavy (non-hydrogen) atoms. The molecule has 4 rings (SSSR count). The minimum atomic E-state index is -1.04. The van der Waals surface area contributed by atoms with Gasteiger partial charge in [0.1, 0.15) is 11.8 Å². The van der Waals surface area contributed by atoms with E-state index in [0.29, 0.717) is 11.8 Å². The molecule has 0 radical (unpaired) electrons. The Hall–Kier alpha value is -4.50. The smallest absolute Gasteiger partial charge is 0.320 e. The zero-order chi connectivity index (χ0) is 25.7. The molecule has 1 aromatic heterocycles. The summed E-state index contributed by atoms with van der Waals surface area (Å²) in [5.74, 6) is 0.663. The SMILES string of the molecule is COc1ccc(-c2ccc([C@@H](C)Nc3nc(N)nc(-c4ccc(C[C@H](N)C(=O)O)cc4)n3)cc2)cc1. The van der Waals surface area contributed by atoms with E-state index < -0.39 is 12.0 Å². The molecule has 0 bridgehead atoms. The number of hydrogen-bond donors (Lipinski definition) is 4. The van der Waals surface area contributed by atoms with Crippen LogP contribution in [0.25, 0.3) is 22.5 Å². The van der Waals surface area contributed by atoms with E-state index in [-0.39, 0.29) is 18.4 Å². The second-order valence-electron chi connectivity index (χ2n) is 8.40. The Morgan fingerprint density at radius 2 is 1.50 bits per heavy atom. The Bertz CT molecular complexity index is 1330. The second kappa shape index (κ2) is 10.8. The van der Waals surface area contributed by atoms with Gasteiger partial charge < -0.3 is 26.6 Å². The van der Waals surface area contributed by atoms with Crippen LogP contribution in [0.2, 0.25) is 0 Å². The molecule has 3 aromatic carbocycles. The van der Waals surface area contributed by atoms with Gasteiger partial charge in [0.25, 0.3) is 0 Å². The molecule has 4 aromatic rings. The number of ether oxygens (including phenoxy) is 1. The number of nitrogens with zero attached hydrogens (tertiary/aromatic N) is 3. The molecule has 0 unspecified atom stereocenters. The van der Waals surface area contributed by atoms with E-state index in [1.54, 1.807) is 19.2 Å². The Morgan fingerprint density at radius 3 is 2.08 bits per heavy atom. The van der Waals surface area contributed by atoms with Crippen LogP contribution in [0.3, 0.4) is 0 Å². The van der Waals surface area contributed by atoms with Crippen molar-refractivity contribution in [1.29, 1.82) is 0 Å². The van der Waals surface area contributed by atoms with Crippen LogP contribution in [0.4, 0.5) is 11.9 Å². The van der Waals surface area contributed by atoms with Gasteiger partial charge in [0.2, 0.25) is 11.9 Å². The fraction of sp³-hybridized carbons (Fsp3) is 0.185. The van der Waals surface area contributed by atoms with Gasteiger partial charge in [0, 0.05) is 5.56 Å². The Labute approximate surface area is 209 Å². The first-order valence-electron chi connectivity index (χ1n) is 11.4. The van der Waals surface area contributed by atoms with Gasteiger partial charge in [0.05, 0.1) is 13.2 Å². The highest BCUT2D eigenvalue weighted by atomic mass is 16.5. The number of nitrogens with two attached hydrogens (primary N) is 2. The molecular formula is C27H28N6O3. The maximum absolute atomic E-state index is 11.0. The van der Waals surface area contributed by atoms with Gasteiger partial charge in [-0.1, -0.05) is 60.7 Å². The van der Waals surface area contributed by atoms with E-state index in [0.717, 1.165) is 33.6 Å². The number of anilines is 2. The average molecular weight is 485 g/mol. The molecule has 0 aliphatic carbocycles. The molecule has 0 aliphatic rings. The summed E-state index contributed by atoms with van der Waals surface area (Å²) in [6, 6.07) is 22.4. The summed E-state index contributed by atoms with van der Waals surface area (Å²) in [5.41, 5.74) is 16.4. The lowest BCUT2D eigenvalue weighted by Crippen LogP contribution is -2.32. The van der Waals surface area contributed by atoms with E-state index in [4.69, 9.17) is 21.3 Å². The lowest BCUT2D eigenvalue weighted by Gasteiger charge is -2.16. The summed E-state index contributed by atoms with van der Waals surface area (Å²) in [7, 11) is 1.65. The fourth-order valence-electron chi connectivity index (χ4n) is 3.74. The van der Waals surface area contributed by atoms with Crippen molar-refractivity contribution in [2.75, 3.05) is 18.2 Å². The summed E-state index contributed by atoms with van der Waals surface area (Å²) >= 11 is 0. The maximum atomic E-state index is 11.0. The van der Waals surface area contributed by atoms with Crippen molar-refractivity contribution in [3.05, 3.63) is 83.9 Å². The van der Waals surface area contributed by atoms with Crippen LogP contribution >= 0.6 is 0 Å². The molecule has 0 amide bonds. The first-order valence-corrected chi connectivity index (χ1v) is 11.4. The van der Waals surface area contributed by atoms with Crippen molar-refractivity contribution in [2.45, 2.75) is 25.4 Å². The van der Waals surface area contributed by atoms with Crippen molar-refractivity contribution in [2.24, 2.45) is 5.73 Å². The van der Waals surface area contributed by atoms with E-state index in [2.05, 4.69) is 44.5 Å². The molecule has 184 valence electrons. The van der Waals surface area contributed by atoms with E-state index in [1.807, 2.05) is 43.3 Å². The third-order valence-corrected chi connectivity index (χ3v) is 5.82. The number of nitrogens with one attached hydrogen (secondary N) is 1. The summed E-state index contributed by atoms with van der Waals surface area (Å²) in [4.78, 5) is 24.0. The predicted octanol–water partition coefficient (Wildman–Crippen LogP) is 3.92. The van der Waals surface area contributed by atoms with Crippen molar-refractivity contribution in [3.63, 3.8) is 0 Å². The van der Waals surface area contributed by atoms with E-state index in [9.17, 15) is 4.79 Å². The van der Waals surface area contributed by atoms with E-state index >= 15 is 0 Å². The molecular weight excluding hydrogens is 456 g/mol. The van der Waals surface area contributed by atoms with Crippen LogP contribution < -0.4 is 21.5 Å². The summed E-state index contributed by atoms with van der Waals surface area (Å²) in [5, 5.41) is 12.3. The number of carboxylic acid groups (broad SMARTS) is 1. The van der Waals surface area contributed by atoms with Crippen molar-refractivity contribution in [3.8, 4) is 28.3 Å². The summed E-state index contributed by atoms with van der Waals surface area (Å²) in [6.45, 7) is 2.02. The third-order valence-electron chi connectivity index (χ3n) is 5.82. The number of aromatic nitrogens is 3. The second-order valence-corrected chi connectivity index (χ2v) is 8.40. The van der Waals surface area contributed by atoms with Crippen LogP contribution in [0.5, 0.6) is 5.75 Å². The Morgan fingerprint density at radius 1 is 0.917 bits per heavy atom. The molecule has 9 heteroatoms. The maximum Gasteiger partial charge on any atom is 0.320 e. The van der Waals surface area contributed by atoms with Crippen LogP contribution in [0.1, 0.15) is 24.1 Å². The number of carboxylic acids is 1. The lowest BCUT2D eigenvalue weighted by atomic mass is 10.0. The standard InChI is InChI=1S/C27H28N6O3/c1-16(18-7-9-19(10-8-18)20-11-13-22(36-2)14-12-20)30-27-32-24(31-26(29)33-27)21-5-3-17(4-6-21)15-23(28)25(34)35/h3-14,16,23H,15,28H2,1-2H3,(H,34,35)(H3,29,30,31,32,33)/t16-,23+/m1/s1. The predicted molar refractivity (Wildman–Crippen MR) is 139 cm³/mol. The molecule has 0 saturated carbocycles. The van der Waals surface area contributed by atoms with Gasteiger partial charge in [-0.15, -0.1) is 0 Å². The van der Waals surface area contributed by atoms with Gasteiger partial charge in [0.15, 0.2) is 5.82 Å². The molecule has 0 aliphatic heterocycles. The number of rotatable bonds is 9. The average Bonchev–Trinajstić information content (AvgIpc) is 2.89. The zero-order valence-corrected chi connectivity index (χ0v) is 20.1. The number of carbonyl (C=O) groups is 1. The molecule has 0 fully saturated rings. The highest BCUT2D eigenvalue weighted by molar-refractivity contribution is 5.73. The first kappa shape index (κ1) is 24.6. The largest absolute Gasteiger partial charge is 0.497 e. The third kappa shape index (κ3) is 5.94. The normalized spacial score (nSPS) is 12.5. The van der Waals surface area contributed by atoms with Gasteiger partial charge >= 0.3 is 5.97 Å². The minimum absolute atomic E-state index is 0.0792. The van der Waals surface area contributed by atoms with Gasteiger partial charge in [-0.05, 0) is 47.7 Å². The van der Waals surface area contributed by atoms with Crippen molar-refractivity contribution in [1.82, 2.24) is 15.0 Å².